The van der Waals surface area contributed by atoms with Gasteiger partial charge in [-0.3, -0.25) is 4.79 Å². The summed E-state index contributed by atoms with van der Waals surface area (Å²) < 4.78 is 0. The lowest BCUT2D eigenvalue weighted by Gasteiger charge is -2.05. The highest BCUT2D eigenvalue weighted by atomic mass is 16.3. The second-order valence-corrected chi connectivity index (χ2v) is 4.70. The summed E-state index contributed by atoms with van der Waals surface area (Å²) in [5, 5.41) is 15.3. The number of hydrogen-bond acceptors (Lipinski definition) is 3. The van der Waals surface area contributed by atoms with Crippen LogP contribution in [0.3, 0.4) is 0 Å². The topological polar surface area (TPSA) is 61.4 Å². The molecule has 0 radical (unpaired) electrons. The molecule has 3 N–H and O–H groups in total. The fourth-order valence-corrected chi connectivity index (χ4v) is 2.32. The Morgan fingerprint density at radius 2 is 2.00 bits per heavy atom. The van der Waals surface area contributed by atoms with Gasteiger partial charge in [-0.1, -0.05) is 18.2 Å². The first-order valence-corrected chi connectivity index (χ1v) is 6.32. The Kier molecular flexibility index (Phi) is 2.91. The van der Waals surface area contributed by atoms with E-state index in [0.29, 0.717) is 5.57 Å². The number of nitrogens with one attached hydrogen (secondary N) is 2. The monoisotopic (exact) mass is 266 g/mol. The molecule has 0 aliphatic carbocycles. The second kappa shape index (κ2) is 4.74. The molecular formula is C16H14N2O2. The van der Waals surface area contributed by atoms with Crippen molar-refractivity contribution in [2.24, 2.45) is 0 Å². The van der Waals surface area contributed by atoms with Gasteiger partial charge in [-0.25, -0.2) is 0 Å². The van der Waals surface area contributed by atoms with Crippen molar-refractivity contribution < 1.29 is 9.90 Å². The summed E-state index contributed by atoms with van der Waals surface area (Å²) in [4.78, 5) is 12.0. The van der Waals surface area contributed by atoms with Gasteiger partial charge in [0.1, 0.15) is 5.75 Å². The molecule has 0 fully saturated rings. The molecule has 0 bridgehead atoms. The molecule has 1 aliphatic heterocycles. The molecule has 0 unspecified atom stereocenters. The highest BCUT2D eigenvalue weighted by Gasteiger charge is 2.25. The molecule has 0 saturated heterocycles. The molecule has 1 amide bonds. The zero-order valence-electron chi connectivity index (χ0n) is 11.0. The number of hydrogen-bond donors (Lipinski definition) is 3. The van der Waals surface area contributed by atoms with Gasteiger partial charge in [-0.05, 0) is 30.7 Å². The van der Waals surface area contributed by atoms with E-state index in [2.05, 4.69) is 10.6 Å². The molecular weight excluding hydrogens is 252 g/mol. The normalized spacial score (nSPS) is 15.1. The number of carbonyl (C=O) groups excluding carboxylic acids is 1. The first kappa shape index (κ1) is 12.3. The van der Waals surface area contributed by atoms with Crippen LogP contribution < -0.4 is 10.6 Å². The highest BCUT2D eigenvalue weighted by molar-refractivity contribution is 6.32. The third-order valence-corrected chi connectivity index (χ3v) is 3.26. The second-order valence-electron chi connectivity index (χ2n) is 4.70. The molecule has 0 atom stereocenters. The largest absolute Gasteiger partial charge is 0.508 e. The van der Waals surface area contributed by atoms with Crippen LogP contribution in [0.2, 0.25) is 0 Å². The molecule has 0 saturated carbocycles. The lowest BCUT2D eigenvalue weighted by molar-refractivity contribution is -0.110. The number of phenolic OH excluding ortho intramolecular Hbond substituents is 1. The van der Waals surface area contributed by atoms with Gasteiger partial charge in [-0.15, -0.1) is 0 Å². The molecule has 0 spiro atoms. The summed E-state index contributed by atoms with van der Waals surface area (Å²) in [7, 11) is 0. The minimum atomic E-state index is -0.123. The Morgan fingerprint density at radius 3 is 2.80 bits per heavy atom. The molecule has 4 nitrogen and oxygen atoms in total. The van der Waals surface area contributed by atoms with E-state index in [0.717, 1.165) is 22.5 Å². The average Bonchev–Trinajstić information content (AvgIpc) is 2.74. The zero-order valence-corrected chi connectivity index (χ0v) is 11.0. The molecule has 2 aromatic rings. The quantitative estimate of drug-likeness (QED) is 0.732. The summed E-state index contributed by atoms with van der Waals surface area (Å²) in [5.74, 6) is 0.0582. The van der Waals surface area contributed by atoms with Gasteiger partial charge < -0.3 is 15.7 Å². The van der Waals surface area contributed by atoms with Crippen LogP contribution in [0.25, 0.3) is 5.57 Å². The van der Waals surface area contributed by atoms with Gasteiger partial charge >= 0.3 is 0 Å². The van der Waals surface area contributed by atoms with E-state index in [-0.39, 0.29) is 11.7 Å². The maximum Gasteiger partial charge on any atom is 0.257 e. The van der Waals surface area contributed by atoms with Gasteiger partial charge in [0.15, 0.2) is 0 Å². The van der Waals surface area contributed by atoms with E-state index < -0.39 is 0 Å². The predicted molar refractivity (Wildman–Crippen MR) is 79.5 cm³/mol. The SMILES string of the molecule is Cc1cccc2c1C(=CNc1cccc(O)c1)C(=O)N2. The molecule has 2 aromatic carbocycles. The maximum absolute atomic E-state index is 12.0. The lowest BCUT2D eigenvalue weighted by atomic mass is 10.0. The van der Waals surface area contributed by atoms with Gasteiger partial charge in [0.05, 0.1) is 5.57 Å². The Labute approximate surface area is 116 Å². The third kappa shape index (κ3) is 2.12. The lowest BCUT2D eigenvalue weighted by Crippen LogP contribution is -2.05. The number of aryl methyl sites for hydroxylation is 1. The van der Waals surface area contributed by atoms with Gasteiger partial charge in [0, 0.05) is 29.2 Å². The molecule has 3 rings (SSSR count). The van der Waals surface area contributed by atoms with E-state index >= 15 is 0 Å². The number of rotatable bonds is 2. The number of amides is 1. The minimum Gasteiger partial charge on any atom is -0.508 e. The number of phenols is 1. The maximum atomic E-state index is 12.0. The Balaban J connectivity index is 1.95. The minimum absolute atomic E-state index is 0.123. The number of carbonyl (C=O) groups is 1. The van der Waals surface area contributed by atoms with Crippen LogP contribution in [-0.4, -0.2) is 11.0 Å². The van der Waals surface area contributed by atoms with E-state index in [1.54, 1.807) is 24.4 Å². The number of anilines is 2. The van der Waals surface area contributed by atoms with Crippen LogP contribution in [0.5, 0.6) is 5.75 Å². The number of benzene rings is 2. The van der Waals surface area contributed by atoms with Crippen LogP contribution >= 0.6 is 0 Å². The molecule has 0 aromatic heterocycles. The zero-order chi connectivity index (χ0) is 14.1. The highest BCUT2D eigenvalue weighted by Crippen LogP contribution is 2.34. The summed E-state index contributed by atoms with van der Waals surface area (Å²) >= 11 is 0. The third-order valence-electron chi connectivity index (χ3n) is 3.26. The van der Waals surface area contributed by atoms with Crippen molar-refractivity contribution in [3.8, 4) is 5.75 Å². The van der Waals surface area contributed by atoms with Crippen molar-refractivity contribution in [2.75, 3.05) is 10.6 Å². The van der Waals surface area contributed by atoms with Crippen molar-refractivity contribution >= 4 is 22.9 Å². The van der Waals surface area contributed by atoms with E-state index in [1.807, 2.05) is 31.2 Å². The van der Waals surface area contributed by atoms with Gasteiger partial charge in [0.2, 0.25) is 0 Å². The van der Waals surface area contributed by atoms with Crippen molar-refractivity contribution in [2.45, 2.75) is 6.92 Å². The summed E-state index contributed by atoms with van der Waals surface area (Å²) in [6.07, 6.45) is 1.67. The standard InChI is InChI=1S/C16H14N2O2/c1-10-4-2-7-14-15(10)13(16(20)18-14)9-17-11-5-3-6-12(19)8-11/h2-9,17,19H,1H3,(H,18,20). The van der Waals surface area contributed by atoms with E-state index in [4.69, 9.17) is 0 Å². The van der Waals surface area contributed by atoms with Crippen LogP contribution in [0.15, 0.2) is 48.7 Å². The smallest absolute Gasteiger partial charge is 0.257 e. The van der Waals surface area contributed by atoms with Crippen molar-refractivity contribution in [3.05, 3.63) is 59.8 Å². The fourth-order valence-electron chi connectivity index (χ4n) is 2.32. The summed E-state index contributed by atoms with van der Waals surface area (Å²) in [5.41, 5.74) is 4.13. The predicted octanol–water partition coefficient (Wildman–Crippen LogP) is 3.11. The van der Waals surface area contributed by atoms with Crippen LogP contribution in [-0.2, 0) is 4.79 Å². The molecule has 20 heavy (non-hydrogen) atoms. The molecule has 100 valence electrons. The molecule has 4 heteroatoms. The molecule has 1 aliphatic rings. The Morgan fingerprint density at radius 1 is 1.20 bits per heavy atom. The van der Waals surface area contributed by atoms with E-state index in [9.17, 15) is 9.90 Å². The first-order chi connectivity index (χ1) is 9.65. The fraction of sp³-hybridized carbons (Fsp3) is 0.0625. The Hall–Kier alpha value is -2.75. The number of fused-ring (bicyclic) bond motifs is 1. The van der Waals surface area contributed by atoms with Crippen molar-refractivity contribution in [1.29, 1.82) is 0 Å². The summed E-state index contributed by atoms with van der Waals surface area (Å²) in [6.45, 7) is 1.97. The molecule has 1 heterocycles. The van der Waals surface area contributed by atoms with E-state index in [1.165, 1.54) is 0 Å². The first-order valence-electron chi connectivity index (χ1n) is 6.32. The van der Waals surface area contributed by atoms with Crippen LogP contribution in [0, 0.1) is 6.92 Å². The van der Waals surface area contributed by atoms with Crippen molar-refractivity contribution in [1.82, 2.24) is 0 Å². The van der Waals surface area contributed by atoms with Crippen molar-refractivity contribution in [3.63, 3.8) is 0 Å². The summed E-state index contributed by atoms with van der Waals surface area (Å²) in [6, 6.07) is 12.5. The Bertz CT molecular complexity index is 720. The van der Waals surface area contributed by atoms with Gasteiger partial charge in [-0.2, -0.15) is 0 Å². The average molecular weight is 266 g/mol. The van der Waals surface area contributed by atoms with Crippen LogP contribution in [0.4, 0.5) is 11.4 Å². The van der Waals surface area contributed by atoms with Crippen LogP contribution in [0.1, 0.15) is 11.1 Å². The number of aromatic hydroxyl groups is 1. The van der Waals surface area contributed by atoms with Gasteiger partial charge in [0.25, 0.3) is 5.91 Å².